The van der Waals surface area contributed by atoms with Gasteiger partial charge in [-0.1, -0.05) is 55.1 Å². The van der Waals surface area contributed by atoms with Crippen LogP contribution in [0.25, 0.3) is 0 Å². The molecule has 1 aromatic carbocycles. The third-order valence-electron chi connectivity index (χ3n) is 3.15. The van der Waals surface area contributed by atoms with Crippen LogP contribution in [-0.4, -0.2) is 4.21 Å². The van der Waals surface area contributed by atoms with E-state index < -0.39 is 10.8 Å². The molecule has 3 heteroatoms. The molecular formula is C14H17ClOS. The van der Waals surface area contributed by atoms with Gasteiger partial charge < -0.3 is 0 Å². The zero-order valence-corrected chi connectivity index (χ0v) is 11.3. The van der Waals surface area contributed by atoms with Crippen LogP contribution in [0.15, 0.2) is 45.7 Å². The average Bonchev–Trinajstić information content (AvgIpc) is 2.40. The molecule has 1 aliphatic rings. The minimum absolute atomic E-state index is 0.489. The number of hydrogen-bond acceptors (Lipinski definition) is 1. The quantitative estimate of drug-likeness (QED) is 0.791. The number of halogens is 1. The van der Waals surface area contributed by atoms with E-state index in [2.05, 4.69) is 0 Å². The monoisotopic (exact) mass is 268 g/mol. The summed E-state index contributed by atoms with van der Waals surface area (Å²) in [6.07, 6.45) is 8.23. The minimum atomic E-state index is -1.20. The second-order valence-electron chi connectivity index (χ2n) is 4.45. The summed E-state index contributed by atoms with van der Waals surface area (Å²) in [5.74, 6) is 0.518. The normalized spacial score (nSPS) is 20.2. The van der Waals surface area contributed by atoms with Gasteiger partial charge in [0.2, 0.25) is 0 Å². The van der Waals surface area contributed by atoms with Crippen molar-refractivity contribution in [1.29, 1.82) is 0 Å². The van der Waals surface area contributed by atoms with Gasteiger partial charge in [-0.05, 0) is 30.9 Å². The summed E-state index contributed by atoms with van der Waals surface area (Å²) in [6.45, 7) is 0. The highest BCUT2D eigenvalue weighted by Gasteiger charge is 2.14. The summed E-state index contributed by atoms with van der Waals surface area (Å²) in [5, 5.41) is 0. The lowest BCUT2D eigenvalue weighted by Crippen LogP contribution is -2.04. The highest BCUT2D eigenvalue weighted by atomic mass is 35.5. The molecule has 1 unspecified atom stereocenters. The Labute approximate surface area is 110 Å². The van der Waals surface area contributed by atoms with Crippen molar-refractivity contribution in [3.8, 4) is 0 Å². The van der Waals surface area contributed by atoms with Crippen LogP contribution in [0.3, 0.4) is 0 Å². The van der Waals surface area contributed by atoms with Gasteiger partial charge >= 0.3 is 0 Å². The van der Waals surface area contributed by atoms with E-state index in [1.807, 2.05) is 36.4 Å². The largest absolute Gasteiger partial charge is 0.248 e. The molecule has 0 saturated heterocycles. The SMILES string of the molecule is O=S(/C(Cl)=C/C1CCCCC1)c1ccccc1. The lowest BCUT2D eigenvalue weighted by Gasteiger charge is -2.18. The van der Waals surface area contributed by atoms with Gasteiger partial charge in [-0.3, -0.25) is 0 Å². The second-order valence-corrected chi connectivity index (χ2v) is 6.53. The molecule has 92 valence electrons. The van der Waals surface area contributed by atoms with Crippen LogP contribution < -0.4 is 0 Å². The molecule has 1 atom stereocenters. The van der Waals surface area contributed by atoms with Crippen LogP contribution >= 0.6 is 11.6 Å². The van der Waals surface area contributed by atoms with Crippen LogP contribution in [0.4, 0.5) is 0 Å². The molecule has 0 aliphatic heterocycles. The second kappa shape index (κ2) is 6.36. The van der Waals surface area contributed by atoms with Gasteiger partial charge in [0, 0.05) is 4.90 Å². The number of benzene rings is 1. The molecule has 0 amide bonds. The fraction of sp³-hybridized carbons (Fsp3) is 0.429. The molecule has 1 fully saturated rings. The first-order chi connectivity index (χ1) is 8.27. The Bertz CT molecular complexity index is 407. The highest BCUT2D eigenvalue weighted by Crippen LogP contribution is 2.28. The van der Waals surface area contributed by atoms with Crippen molar-refractivity contribution in [2.24, 2.45) is 5.92 Å². The van der Waals surface area contributed by atoms with Crippen molar-refractivity contribution >= 4 is 22.4 Å². The van der Waals surface area contributed by atoms with Gasteiger partial charge in [-0.25, -0.2) is 4.21 Å². The van der Waals surface area contributed by atoms with Crippen LogP contribution in [-0.2, 0) is 10.8 Å². The number of rotatable bonds is 3. The van der Waals surface area contributed by atoms with Crippen LogP contribution in [0.2, 0.25) is 0 Å². The maximum Gasteiger partial charge on any atom is 0.106 e. The average molecular weight is 269 g/mol. The van der Waals surface area contributed by atoms with E-state index in [9.17, 15) is 4.21 Å². The molecule has 0 aromatic heterocycles. The molecule has 0 heterocycles. The maximum absolute atomic E-state index is 12.1. The van der Waals surface area contributed by atoms with Crippen LogP contribution in [0, 0.1) is 5.92 Å². The molecule has 0 spiro atoms. The van der Waals surface area contributed by atoms with Crippen molar-refractivity contribution in [3.63, 3.8) is 0 Å². The molecule has 1 aliphatic carbocycles. The summed E-state index contributed by atoms with van der Waals surface area (Å²) in [6, 6.07) is 9.40. The Kier molecular flexibility index (Phi) is 4.81. The lowest BCUT2D eigenvalue weighted by atomic mass is 9.90. The molecule has 1 saturated carbocycles. The molecule has 1 nitrogen and oxygen atoms in total. The van der Waals surface area contributed by atoms with Crippen molar-refractivity contribution in [2.75, 3.05) is 0 Å². The third kappa shape index (κ3) is 3.68. The fourth-order valence-electron chi connectivity index (χ4n) is 2.20. The molecule has 2 rings (SSSR count). The first kappa shape index (κ1) is 12.8. The van der Waals surface area contributed by atoms with Gasteiger partial charge in [0.1, 0.15) is 4.36 Å². The van der Waals surface area contributed by atoms with Crippen LogP contribution in [0.1, 0.15) is 32.1 Å². The highest BCUT2D eigenvalue weighted by molar-refractivity contribution is 7.90. The van der Waals surface area contributed by atoms with E-state index in [0.717, 1.165) is 4.90 Å². The smallest absolute Gasteiger partial charge is 0.106 e. The van der Waals surface area contributed by atoms with E-state index in [0.29, 0.717) is 10.3 Å². The zero-order chi connectivity index (χ0) is 12.1. The van der Waals surface area contributed by atoms with Gasteiger partial charge in [0.15, 0.2) is 0 Å². The van der Waals surface area contributed by atoms with Crippen molar-refractivity contribution in [2.45, 2.75) is 37.0 Å². The van der Waals surface area contributed by atoms with Crippen molar-refractivity contribution in [1.82, 2.24) is 0 Å². The van der Waals surface area contributed by atoms with E-state index in [-0.39, 0.29) is 0 Å². The third-order valence-corrected chi connectivity index (χ3v) is 4.89. The lowest BCUT2D eigenvalue weighted by molar-refractivity contribution is 0.419. The zero-order valence-electron chi connectivity index (χ0n) is 9.77. The summed E-state index contributed by atoms with van der Waals surface area (Å²) >= 11 is 6.16. The van der Waals surface area contributed by atoms with E-state index in [1.165, 1.54) is 32.1 Å². The molecule has 0 radical (unpaired) electrons. The van der Waals surface area contributed by atoms with E-state index in [4.69, 9.17) is 11.6 Å². The van der Waals surface area contributed by atoms with Gasteiger partial charge in [0.25, 0.3) is 0 Å². The standard InChI is InChI=1S/C14H17ClOS/c15-14(11-12-7-3-1-4-8-12)17(16)13-9-5-2-6-10-13/h2,5-6,9-12H,1,3-4,7-8H2/b14-11+. The molecule has 0 bridgehead atoms. The summed E-state index contributed by atoms with van der Waals surface area (Å²) < 4.78 is 12.6. The minimum Gasteiger partial charge on any atom is -0.248 e. The van der Waals surface area contributed by atoms with Gasteiger partial charge in [-0.2, -0.15) is 0 Å². The number of hydrogen-bond donors (Lipinski definition) is 0. The predicted molar refractivity (Wildman–Crippen MR) is 73.4 cm³/mol. The fourth-order valence-corrected chi connectivity index (χ4v) is 3.60. The Morgan fingerprint density at radius 1 is 1.18 bits per heavy atom. The molecule has 0 N–H and O–H groups in total. The van der Waals surface area contributed by atoms with E-state index >= 15 is 0 Å². The molecular weight excluding hydrogens is 252 g/mol. The van der Waals surface area contributed by atoms with Gasteiger partial charge in [-0.15, -0.1) is 0 Å². The van der Waals surface area contributed by atoms with Crippen molar-refractivity contribution < 1.29 is 4.21 Å². The number of allylic oxidation sites excluding steroid dienone is 1. The van der Waals surface area contributed by atoms with Crippen LogP contribution in [0.5, 0.6) is 0 Å². The Hall–Kier alpha value is -0.600. The Morgan fingerprint density at radius 2 is 1.82 bits per heavy atom. The van der Waals surface area contributed by atoms with Gasteiger partial charge in [0.05, 0.1) is 10.8 Å². The topological polar surface area (TPSA) is 17.1 Å². The first-order valence-electron chi connectivity index (χ1n) is 6.11. The Balaban J connectivity index is 2.06. The first-order valence-corrected chi connectivity index (χ1v) is 7.64. The van der Waals surface area contributed by atoms with Crippen molar-refractivity contribution in [3.05, 3.63) is 40.8 Å². The summed E-state index contributed by atoms with van der Waals surface area (Å²) in [4.78, 5) is 0.782. The summed E-state index contributed by atoms with van der Waals surface area (Å²) in [5.41, 5.74) is 0. The Morgan fingerprint density at radius 3 is 2.47 bits per heavy atom. The van der Waals surface area contributed by atoms with E-state index in [1.54, 1.807) is 0 Å². The molecule has 17 heavy (non-hydrogen) atoms. The summed E-state index contributed by atoms with van der Waals surface area (Å²) in [7, 11) is -1.20. The molecule has 1 aromatic rings. The predicted octanol–water partition coefficient (Wildman–Crippen LogP) is 4.45. The maximum atomic E-state index is 12.1.